The van der Waals surface area contributed by atoms with Gasteiger partial charge in [0, 0.05) is 42.6 Å². The SMILES string of the molecule is CN1c2ccc(NCC(=O)c3ccc(C(=N)N)cc3)cc2CN(CCc2ccccc2)C(=O)[C@H]1CC(=O)O. The minimum absolute atomic E-state index is 0.0565. The summed E-state index contributed by atoms with van der Waals surface area (Å²) in [6.45, 7) is 0.850. The zero-order valence-corrected chi connectivity index (χ0v) is 21.2. The predicted molar refractivity (Wildman–Crippen MR) is 147 cm³/mol. The number of amides is 1. The van der Waals surface area contributed by atoms with Crippen LogP contribution in [0.25, 0.3) is 0 Å². The standard InChI is InChI=1S/C29H31N5O4/c1-33-24-12-11-23(32-17-26(35)20-7-9-21(10-8-20)28(30)31)15-22(24)18-34(29(38)25(33)16-27(36)37)14-13-19-5-3-2-4-6-19/h2-12,15,25,32H,13-14,16-18H2,1H3,(H3,30,31)(H,36,37)/t25-/m1/s1. The number of likely N-dealkylation sites (N-methyl/N-ethyl adjacent to an activating group) is 1. The first-order valence-corrected chi connectivity index (χ1v) is 12.3. The summed E-state index contributed by atoms with van der Waals surface area (Å²) in [5.41, 5.74) is 10.0. The van der Waals surface area contributed by atoms with Crippen LogP contribution in [0.3, 0.4) is 0 Å². The predicted octanol–water partition coefficient (Wildman–Crippen LogP) is 3.13. The van der Waals surface area contributed by atoms with Crippen molar-refractivity contribution in [2.24, 2.45) is 5.73 Å². The van der Waals surface area contributed by atoms with Crippen molar-refractivity contribution in [3.05, 3.63) is 95.1 Å². The molecule has 0 radical (unpaired) electrons. The van der Waals surface area contributed by atoms with E-state index in [4.69, 9.17) is 11.1 Å². The summed E-state index contributed by atoms with van der Waals surface area (Å²) in [4.78, 5) is 41.2. The third-order valence-electron chi connectivity index (χ3n) is 6.74. The van der Waals surface area contributed by atoms with Crippen molar-refractivity contribution in [2.45, 2.75) is 25.4 Å². The van der Waals surface area contributed by atoms with Gasteiger partial charge in [0.25, 0.3) is 0 Å². The number of nitrogens with zero attached hydrogens (tertiary/aromatic N) is 2. The Hall–Kier alpha value is -4.66. The monoisotopic (exact) mass is 513 g/mol. The van der Waals surface area contributed by atoms with Gasteiger partial charge < -0.3 is 26.0 Å². The summed E-state index contributed by atoms with van der Waals surface area (Å²) < 4.78 is 0. The van der Waals surface area contributed by atoms with E-state index in [9.17, 15) is 19.5 Å². The highest BCUT2D eigenvalue weighted by molar-refractivity contribution is 6.01. The van der Waals surface area contributed by atoms with E-state index in [-0.39, 0.29) is 30.5 Å². The number of anilines is 2. The number of hydrogen-bond acceptors (Lipinski definition) is 6. The van der Waals surface area contributed by atoms with Crippen molar-refractivity contribution in [2.75, 3.05) is 30.4 Å². The Morgan fingerprint density at radius 1 is 1.05 bits per heavy atom. The van der Waals surface area contributed by atoms with Crippen LogP contribution in [0.4, 0.5) is 11.4 Å². The molecule has 9 heteroatoms. The molecular weight excluding hydrogens is 482 g/mol. The molecule has 0 aromatic heterocycles. The minimum atomic E-state index is -1.03. The fraction of sp³-hybridized carbons (Fsp3) is 0.241. The summed E-state index contributed by atoms with van der Waals surface area (Å²) in [5, 5.41) is 20.1. The molecule has 0 saturated carbocycles. The average Bonchev–Trinajstić information content (AvgIpc) is 3.01. The summed E-state index contributed by atoms with van der Waals surface area (Å²) in [5.74, 6) is -1.43. The lowest BCUT2D eigenvalue weighted by Crippen LogP contribution is -2.46. The van der Waals surface area contributed by atoms with E-state index in [0.29, 0.717) is 30.6 Å². The highest BCUT2D eigenvalue weighted by Crippen LogP contribution is 2.31. The Morgan fingerprint density at radius 3 is 2.39 bits per heavy atom. The Balaban J connectivity index is 1.53. The number of hydrogen-bond donors (Lipinski definition) is 4. The quantitative estimate of drug-likeness (QED) is 0.185. The van der Waals surface area contributed by atoms with Crippen LogP contribution in [-0.4, -0.2) is 59.7 Å². The maximum atomic E-state index is 13.4. The number of Topliss-reactive ketones (excluding diaryl/α,β-unsaturated/α-hetero) is 1. The van der Waals surface area contributed by atoms with E-state index in [1.165, 1.54) is 0 Å². The number of benzene rings is 3. The van der Waals surface area contributed by atoms with Gasteiger partial charge in [-0.3, -0.25) is 19.8 Å². The van der Waals surface area contributed by atoms with Crippen LogP contribution in [0.15, 0.2) is 72.8 Å². The molecule has 1 aliphatic heterocycles. The third kappa shape index (κ3) is 6.18. The van der Waals surface area contributed by atoms with E-state index in [2.05, 4.69) is 5.32 Å². The van der Waals surface area contributed by atoms with E-state index in [0.717, 1.165) is 22.5 Å². The molecule has 0 saturated heterocycles. The summed E-state index contributed by atoms with van der Waals surface area (Å²) >= 11 is 0. The van der Waals surface area contributed by atoms with Crippen LogP contribution >= 0.6 is 0 Å². The van der Waals surface area contributed by atoms with Crippen LogP contribution < -0.4 is 16.0 Å². The van der Waals surface area contributed by atoms with E-state index in [1.807, 2.05) is 48.5 Å². The second kappa shape index (κ2) is 11.6. The number of amidine groups is 1. The van der Waals surface area contributed by atoms with Gasteiger partial charge in [0.2, 0.25) is 5.91 Å². The molecule has 5 N–H and O–H groups in total. The number of rotatable bonds is 10. The average molecular weight is 514 g/mol. The molecule has 0 fully saturated rings. The molecule has 0 aliphatic carbocycles. The summed E-state index contributed by atoms with van der Waals surface area (Å²) in [6.07, 6.45) is 0.355. The van der Waals surface area contributed by atoms with Gasteiger partial charge in [0.15, 0.2) is 5.78 Å². The van der Waals surface area contributed by atoms with Crippen LogP contribution in [0.2, 0.25) is 0 Å². The van der Waals surface area contributed by atoms with Crippen LogP contribution in [0.1, 0.15) is 33.5 Å². The van der Waals surface area contributed by atoms with E-state index < -0.39 is 12.0 Å². The van der Waals surface area contributed by atoms with Crippen molar-refractivity contribution in [3.8, 4) is 0 Å². The van der Waals surface area contributed by atoms with Crippen molar-refractivity contribution < 1.29 is 19.5 Å². The first-order chi connectivity index (χ1) is 18.2. The topological polar surface area (TPSA) is 140 Å². The van der Waals surface area contributed by atoms with Gasteiger partial charge in [0.1, 0.15) is 11.9 Å². The molecule has 9 nitrogen and oxygen atoms in total. The third-order valence-corrected chi connectivity index (χ3v) is 6.74. The largest absolute Gasteiger partial charge is 0.481 e. The van der Waals surface area contributed by atoms with Crippen LogP contribution in [0, 0.1) is 5.41 Å². The number of fused-ring (bicyclic) bond motifs is 1. The minimum Gasteiger partial charge on any atom is -0.481 e. The maximum Gasteiger partial charge on any atom is 0.305 e. The van der Waals surface area contributed by atoms with E-state index >= 15 is 0 Å². The molecule has 0 bridgehead atoms. The first-order valence-electron chi connectivity index (χ1n) is 12.3. The molecule has 3 aromatic carbocycles. The molecule has 38 heavy (non-hydrogen) atoms. The van der Waals surface area contributed by atoms with Gasteiger partial charge in [-0.1, -0.05) is 54.6 Å². The number of carbonyl (C=O) groups is 3. The highest BCUT2D eigenvalue weighted by atomic mass is 16.4. The number of nitrogens with one attached hydrogen (secondary N) is 2. The molecule has 1 heterocycles. The normalized spacial score (nSPS) is 15.0. The second-order valence-electron chi connectivity index (χ2n) is 9.33. The number of carboxylic acids is 1. The Labute approximate surface area is 221 Å². The molecular formula is C29H31N5O4. The highest BCUT2D eigenvalue weighted by Gasteiger charge is 2.34. The number of nitrogens with two attached hydrogens (primary N) is 1. The smallest absolute Gasteiger partial charge is 0.305 e. The maximum absolute atomic E-state index is 13.4. The number of nitrogen functional groups attached to an aromatic ring is 1. The molecule has 3 aromatic rings. The lowest BCUT2D eigenvalue weighted by molar-refractivity contribution is -0.142. The van der Waals surface area contributed by atoms with Gasteiger partial charge in [-0.2, -0.15) is 0 Å². The summed E-state index contributed by atoms with van der Waals surface area (Å²) in [6, 6.07) is 21.2. The zero-order valence-electron chi connectivity index (χ0n) is 21.2. The fourth-order valence-corrected chi connectivity index (χ4v) is 4.60. The molecule has 1 aliphatic rings. The molecule has 4 rings (SSSR count). The number of carboxylic acid groups (broad SMARTS) is 1. The van der Waals surface area contributed by atoms with Crippen molar-refractivity contribution in [1.29, 1.82) is 5.41 Å². The molecule has 0 spiro atoms. The van der Waals surface area contributed by atoms with Gasteiger partial charge in [-0.25, -0.2) is 0 Å². The molecule has 196 valence electrons. The molecule has 0 unspecified atom stereocenters. The number of ketones is 1. The Kier molecular flexibility index (Phi) is 8.06. The lowest BCUT2D eigenvalue weighted by atomic mass is 10.1. The number of aliphatic carboxylic acids is 1. The summed E-state index contributed by atoms with van der Waals surface area (Å²) in [7, 11) is 1.74. The van der Waals surface area contributed by atoms with Crippen molar-refractivity contribution in [1.82, 2.24) is 4.90 Å². The lowest BCUT2D eigenvalue weighted by Gasteiger charge is -2.29. The van der Waals surface area contributed by atoms with Gasteiger partial charge >= 0.3 is 5.97 Å². The number of carbonyl (C=O) groups excluding carboxylic acids is 2. The van der Waals surface area contributed by atoms with Gasteiger partial charge in [-0.05, 0) is 35.7 Å². The molecule has 1 amide bonds. The van der Waals surface area contributed by atoms with Gasteiger partial charge in [0.05, 0.1) is 13.0 Å². The van der Waals surface area contributed by atoms with Crippen molar-refractivity contribution >= 4 is 34.9 Å². The fourth-order valence-electron chi connectivity index (χ4n) is 4.60. The van der Waals surface area contributed by atoms with Crippen molar-refractivity contribution in [3.63, 3.8) is 0 Å². The van der Waals surface area contributed by atoms with Crippen LogP contribution in [-0.2, 0) is 22.6 Å². The second-order valence-corrected chi connectivity index (χ2v) is 9.33. The van der Waals surface area contributed by atoms with Crippen LogP contribution in [0.5, 0.6) is 0 Å². The molecule has 1 atom stereocenters. The first kappa shape index (κ1) is 26.4. The van der Waals surface area contributed by atoms with E-state index in [1.54, 1.807) is 41.1 Å². The zero-order chi connectivity index (χ0) is 27.2. The Bertz CT molecular complexity index is 1340. The van der Waals surface area contributed by atoms with Gasteiger partial charge in [-0.15, -0.1) is 0 Å². The Morgan fingerprint density at radius 2 is 1.74 bits per heavy atom.